The van der Waals surface area contributed by atoms with E-state index in [-0.39, 0.29) is 12.3 Å². The van der Waals surface area contributed by atoms with Gasteiger partial charge in [-0.05, 0) is 78.1 Å². The topological polar surface area (TPSA) is 75.6 Å². The van der Waals surface area contributed by atoms with Crippen molar-refractivity contribution in [3.63, 3.8) is 0 Å². The van der Waals surface area contributed by atoms with Crippen molar-refractivity contribution in [2.45, 2.75) is 59.0 Å². The number of carbonyl (C=O) groups is 2. The molecular formula is C35H41NO4. The van der Waals surface area contributed by atoms with E-state index in [1.165, 1.54) is 5.56 Å². The summed E-state index contributed by atoms with van der Waals surface area (Å²) in [6.07, 6.45) is 9.81. The van der Waals surface area contributed by atoms with Gasteiger partial charge in [0.2, 0.25) is 5.91 Å². The predicted molar refractivity (Wildman–Crippen MR) is 165 cm³/mol. The maximum absolute atomic E-state index is 12.6. The molecular weight excluding hydrogens is 498 g/mol. The average Bonchev–Trinajstić information content (AvgIpc) is 2.97. The van der Waals surface area contributed by atoms with Gasteiger partial charge in [-0.2, -0.15) is 0 Å². The number of aryl methyl sites for hydroxylation is 1. The number of anilines is 1. The van der Waals surface area contributed by atoms with Crippen LogP contribution in [0.2, 0.25) is 0 Å². The number of ether oxygens (including phenoxy) is 1. The third-order valence-corrected chi connectivity index (χ3v) is 7.38. The number of carboxylic acid groups (broad SMARTS) is 1. The molecule has 3 aromatic rings. The lowest BCUT2D eigenvalue weighted by Crippen LogP contribution is -2.34. The first-order valence-corrected chi connectivity index (χ1v) is 14.1. The molecule has 0 aliphatic rings. The van der Waals surface area contributed by atoms with Gasteiger partial charge >= 0.3 is 5.97 Å². The van der Waals surface area contributed by atoms with Gasteiger partial charge in [0, 0.05) is 18.7 Å². The number of unbranched alkanes of at least 4 members (excludes halogenated alkanes) is 1. The Kier molecular flexibility index (Phi) is 11.9. The fourth-order valence-electron chi connectivity index (χ4n) is 4.63. The van der Waals surface area contributed by atoms with E-state index in [0.29, 0.717) is 25.1 Å². The van der Waals surface area contributed by atoms with Crippen LogP contribution < -0.4 is 5.32 Å². The molecule has 210 valence electrons. The molecule has 0 saturated heterocycles. The molecule has 0 radical (unpaired) electrons. The number of carboxylic acids is 1. The van der Waals surface area contributed by atoms with Crippen LogP contribution in [-0.4, -0.2) is 23.6 Å². The second-order valence-corrected chi connectivity index (χ2v) is 10.2. The molecule has 3 rings (SSSR count). The minimum Gasteiger partial charge on any atom is -0.481 e. The first kappa shape index (κ1) is 30.6. The second-order valence-electron chi connectivity index (χ2n) is 10.2. The van der Waals surface area contributed by atoms with Crippen LogP contribution in [0.3, 0.4) is 0 Å². The average molecular weight is 540 g/mol. The Bertz CT molecular complexity index is 1290. The lowest BCUT2D eigenvalue weighted by atomic mass is 9.79. The molecule has 0 unspecified atom stereocenters. The van der Waals surface area contributed by atoms with Gasteiger partial charge in [0.15, 0.2) is 0 Å². The van der Waals surface area contributed by atoms with Gasteiger partial charge in [-0.1, -0.05) is 93.3 Å². The first-order valence-electron chi connectivity index (χ1n) is 14.1. The number of carbonyl (C=O) groups excluding carboxylic acids is 1. The Morgan fingerprint density at radius 2 is 1.55 bits per heavy atom. The number of hydrogen-bond donors (Lipinski definition) is 2. The number of aliphatic carboxylic acids is 1. The minimum absolute atomic E-state index is 0.0475. The molecule has 0 aromatic heterocycles. The molecule has 1 amide bonds. The standard InChI is InChI=1S/C35H41NO4/c1-4-27-16-18-28(19-17-27)11-7-8-22-40-26-31-14-9-12-29(23-31)20-21-30-13-10-15-32(24-30)36-33(37)25-35(5-2,6-3)34(38)39/h4,9-10,12-21,23-24H,1,5-8,11,22,25-26H2,2-3H3,(H,36,37)(H,38,39). The van der Waals surface area contributed by atoms with Crippen molar-refractivity contribution in [3.8, 4) is 0 Å². The minimum atomic E-state index is -1.03. The zero-order valence-corrected chi connectivity index (χ0v) is 23.7. The van der Waals surface area contributed by atoms with E-state index in [4.69, 9.17) is 4.74 Å². The SMILES string of the molecule is C=Cc1ccc(CCCCOCc2cccc(C=Cc3cccc(NC(=O)CC(CC)(CC)C(=O)O)c3)c2)cc1. The molecule has 0 bridgehead atoms. The molecule has 0 heterocycles. The molecule has 3 aromatic carbocycles. The fraction of sp³-hybridized carbons (Fsp3) is 0.314. The number of hydrogen-bond acceptors (Lipinski definition) is 3. The smallest absolute Gasteiger partial charge is 0.310 e. The number of rotatable bonds is 16. The Balaban J connectivity index is 1.47. The highest BCUT2D eigenvalue weighted by atomic mass is 16.5. The van der Waals surface area contributed by atoms with Crippen LogP contribution in [0, 0.1) is 5.41 Å². The van der Waals surface area contributed by atoms with E-state index >= 15 is 0 Å². The number of amides is 1. The van der Waals surface area contributed by atoms with Gasteiger partial charge in [0.25, 0.3) is 0 Å². The zero-order chi connectivity index (χ0) is 28.8. The molecule has 5 nitrogen and oxygen atoms in total. The van der Waals surface area contributed by atoms with Gasteiger partial charge in [-0.3, -0.25) is 9.59 Å². The zero-order valence-electron chi connectivity index (χ0n) is 23.7. The molecule has 5 heteroatoms. The van der Waals surface area contributed by atoms with Crippen LogP contribution in [-0.2, 0) is 27.4 Å². The van der Waals surface area contributed by atoms with E-state index in [0.717, 1.165) is 48.1 Å². The Labute approximate surface area is 238 Å². The van der Waals surface area contributed by atoms with Crippen molar-refractivity contribution < 1.29 is 19.4 Å². The monoisotopic (exact) mass is 539 g/mol. The van der Waals surface area contributed by atoms with Crippen molar-refractivity contribution in [3.05, 3.63) is 107 Å². The summed E-state index contributed by atoms with van der Waals surface area (Å²) in [5, 5.41) is 12.5. The van der Waals surface area contributed by atoms with Crippen LogP contribution in [0.25, 0.3) is 18.2 Å². The maximum Gasteiger partial charge on any atom is 0.310 e. The fourth-order valence-corrected chi connectivity index (χ4v) is 4.63. The molecule has 0 aliphatic carbocycles. The van der Waals surface area contributed by atoms with Crippen LogP contribution in [0.4, 0.5) is 5.69 Å². The van der Waals surface area contributed by atoms with Crippen molar-refractivity contribution in [1.82, 2.24) is 0 Å². The molecule has 0 spiro atoms. The van der Waals surface area contributed by atoms with Crippen LogP contribution >= 0.6 is 0 Å². The molecule has 0 fully saturated rings. The van der Waals surface area contributed by atoms with E-state index in [9.17, 15) is 14.7 Å². The van der Waals surface area contributed by atoms with Gasteiger partial charge in [-0.25, -0.2) is 0 Å². The van der Waals surface area contributed by atoms with E-state index < -0.39 is 11.4 Å². The summed E-state index contributed by atoms with van der Waals surface area (Å²) >= 11 is 0. The molecule has 0 saturated carbocycles. The van der Waals surface area contributed by atoms with E-state index in [2.05, 4.69) is 48.3 Å². The van der Waals surface area contributed by atoms with Gasteiger partial charge in [-0.15, -0.1) is 0 Å². The summed E-state index contributed by atoms with van der Waals surface area (Å²) in [5.74, 6) is -1.22. The van der Waals surface area contributed by atoms with Crippen molar-refractivity contribution in [2.75, 3.05) is 11.9 Å². The predicted octanol–water partition coefficient (Wildman–Crippen LogP) is 8.26. The first-order chi connectivity index (χ1) is 19.4. The van der Waals surface area contributed by atoms with Crippen LogP contribution in [0.1, 0.15) is 73.8 Å². The second kappa shape index (κ2) is 15.6. The molecule has 0 aliphatic heterocycles. The highest BCUT2D eigenvalue weighted by molar-refractivity contribution is 5.94. The lowest BCUT2D eigenvalue weighted by molar-refractivity contribution is -0.151. The molecule has 2 N–H and O–H groups in total. The maximum atomic E-state index is 12.6. The van der Waals surface area contributed by atoms with E-state index in [1.54, 1.807) is 0 Å². The van der Waals surface area contributed by atoms with Gasteiger partial charge < -0.3 is 15.2 Å². The summed E-state index contributed by atoms with van der Waals surface area (Å²) in [5.41, 5.74) is 5.22. The summed E-state index contributed by atoms with van der Waals surface area (Å²) in [6.45, 7) is 8.72. The van der Waals surface area contributed by atoms with Crippen LogP contribution in [0.5, 0.6) is 0 Å². The quantitative estimate of drug-likeness (QED) is 0.142. The normalized spacial score (nSPS) is 11.4. The van der Waals surface area contributed by atoms with Gasteiger partial charge in [0.05, 0.1) is 12.0 Å². The Morgan fingerprint density at radius 3 is 2.20 bits per heavy atom. The van der Waals surface area contributed by atoms with Gasteiger partial charge in [0.1, 0.15) is 0 Å². The highest BCUT2D eigenvalue weighted by Crippen LogP contribution is 2.31. The summed E-state index contributed by atoms with van der Waals surface area (Å²) < 4.78 is 5.92. The molecule has 0 atom stereocenters. The number of benzene rings is 3. The number of nitrogens with one attached hydrogen (secondary N) is 1. The third-order valence-electron chi connectivity index (χ3n) is 7.38. The third kappa shape index (κ3) is 9.35. The Morgan fingerprint density at radius 1 is 0.875 bits per heavy atom. The summed E-state index contributed by atoms with van der Waals surface area (Å²) in [4.78, 5) is 24.3. The summed E-state index contributed by atoms with van der Waals surface area (Å²) in [6, 6.07) is 24.3. The van der Waals surface area contributed by atoms with Crippen LogP contribution in [0.15, 0.2) is 79.4 Å². The largest absolute Gasteiger partial charge is 0.481 e. The van der Waals surface area contributed by atoms with Crippen molar-refractivity contribution >= 4 is 35.8 Å². The summed E-state index contributed by atoms with van der Waals surface area (Å²) in [7, 11) is 0. The van der Waals surface area contributed by atoms with Crippen molar-refractivity contribution in [2.24, 2.45) is 5.41 Å². The highest BCUT2D eigenvalue weighted by Gasteiger charge is 2.37. The van der Waals surface area contributed by atoms with E-state index in [1.807, 2.05) is 68.5 Å². The lowest BCUT2D eigenvalue weighted by Gasteiger charge is -2.25. The molecule has 40 heavy (non-hydrogen) atoms. The Hall–Kier alpha value is -3.96. The van der Waals surface area contributed by atoms with Crippen molar-refractivity contribution in [1.29, 1.82) is 0 Å².